The number of rotatable bonds is 7. The number of ether oxygens (including phenoxy) is 3. The van der Waals surface area contributed by atoms with Crippen LogP contribution in [0.25, 0.3) is 0 Å². The van der Waals surface area contributed by atoms with E-state index in [2.05, 4.69) is 32.5 Å². The molecule has 30 heavy (non-hydrogen) atoms. The number of hydrogen-bond acceptors (Lipinski definition) is 4. The van der Waals surface area contributed by atoms with Crippen LogP contribution in [0, 0.1) is 46.3 Å². The largest absolute Gasteiger partial charge is 0.385 e. The maximum atomic E-state index is 6.39. The summed E-state index contributed by atoms with van der Waals surface area (Å²) in [6.07, 6.45) is 9.92. The summed E-state index contributed by atoms with van der Waals surface area (Å²) in [7, 11) is 5.80. The minimum absolute atomic E-state index is 0.284. The summed E-state index contributed by atoms with van der Waals surface area (Å²) in [5.41, 5.74) is 0.761. The molecule has 0 bridgehead atoms. The van der Waals surface area contributed by atoms with Crippen molar-refractivity contribution in [1.82, 2.24) is 0 Å². The summed E-state index contributed by atoms with van der Waals surface area (Å²) in [5.74, 6) is 7.20. The summed E-state index contributed by atoms with van der Waals surface area (Å²) in [6, 6.07) is 0. The molecule has 0 spiro atoms. The molecule has 0 aromatic heterocycles. The topological polar surface area (TPSA) is 27.7 Å². The number of methoxy groups -OCH3 is 3. The van der Waals surface area contributed by atoms with Gasteiger partial charge in [0.2, 0.25) is 0 Å². The highest BCUT2D eigenvalue weighted by Gasteiger charge is 2.66. The van der Waals surface area contributed by atoms with E-state index in [9.17, 15) is 0 Å². The van der Waals surface area contributed by atoms with Gasteiger partial charge in [-0.1, -0.05) is 20.8 Å². The van der Waals surface area contributed by atoms with Gasteiger partial charge in [-0.3, -0.25) is 0 Å². The van der Waals surface area contributed by atoms with Crippen LogP contribution in [0.1, 0.15) is 65.7 Å². The molecule has 0 unspecified atom stereocenters. The lowest BCUT2D eigenvalue weighted by Crippen LogP contribution is -2.62. The van der Waals surface area contributed by atoms with Gasteiger partial charge in [-0.15, -0.1) is 0 Å². The van der Waals surface area contributed by atoms with Crippen LogP contribution in [0.4, 0.5) is 0 Å². The Morgan fingerprint density at radius 3 is 2.53 bits per heavy atom. The number of fused-ring (bicyclic) bond motifs is 5. The summed E-state index contributed by atoms with van der Waals surface area (Å²) in [6.45, 7) is 8.62. The van der Waals surface area contributed by atoms with Crippen LogP contribution in [0.2, 0.25) is 0 Å². The highest BCUT2D eigenvalue weighted by atomic mass is 32.2. The molecule has 0 amide bonds. The molecule has 3 aliphatic carbocycles. The van der Waals surface area contributed by atoms with Gasteiger partial charge in [-0.05, 0) is 97.4 Å². The van der Waals surface area contributed by atoms with Crippen molar-refractivity contribution in [2.45, 2.75) is 77.9 Å². The van der Waals surface area contributed by atoms with Gasteiger partial charge in [0.15, 0.2) is 0 Å². The summed E-state index contributed by atoms with van der Waals surface area (Å²) in [4.78, 5) is 0. The van der Waals surface area contributed by atoms with Gasteiger partial charge in [0.05, 0.1) is 12.2 Å². The number of hydrogen-bond donors (Lipinski definition) is 0. The molecular weight excluding hydrogens is 392 g/mol. The van der Waals surface area contributed by atoms with Crippen molar-refractivity contribution in [2.24, 2.45) is 46.3 Å². The summed E-state index contributed by atoms with van der Waals surface area (Å²) < 4.78 is 18.0. The molecule has 1 saturated heterocycles. The van der Waals surface area contributed by atoms with Gasteiger partial charge in [0.1, 0.15) is 0 Å². The van der Waals surface area contributed by atoms with Crippen molar-refractivity contribution in [2.75, 3.05) is 39.4 Å². The Balaban J connectivity index is 1.64. The van der Waals surface area contributed by atoms with Crippen molar-refractivity contribution in [3.8, 4) is 0 Å². The van der Waals surface area contributed by atoms with Gasteiger partial charge >= 0.3 is 0 Å². The first-order valence-electron chi connectivity index (χ1n) is 12.5. The molecule has 4 heteroatoms. The first-order valence-corrected chi connectivity index (χ1v) is 13.7. The van der Waals surface area contributed by atoms with Gasteiger partial charge in [-0.2, -0.15) is 11.8 Å². The van der Waals surface area contributed by atoms with Crippen LogP contribution in [-0.2, 0) is 14.2 Å². The molecule has 3 saturated carbocycles. The Hall–Kier alpha value is 0.230. The minimum Gasteiger partial charge on any atom is -0.385 e. The van der Waals surface area contributed by atoms with E-state index in [1.54, 1.807) is 0 Å². The molecule has 0 aromatic rings. The van der Waals surface area contributed by atoms with Gasteiger partial charge < -0.3 is 14.2 Å². The van der Waals surface area contributed by atoms with Crippen molar-refractivity contribution in [3.63, 3.8) is 0 Å². The van der Waals surface area contributed by atoms with Crippen molar-refractivity contribution in [1.29, 1.82) is 0 Å². The molecule has 174 valence electrons. The highest BCUT2D eigenvalue weighted by molar-refractivity contribution is 7.99. The normalized spacial score (nSPS) is 49.2. The van der Waals surface area contributed by atoms with Crippen LogP contribution in [0.15, 0.2) is 0 Å². The van der Waals surface area contributed by atoms with E-state index in [1.165, 1.54) is 56.5 Å². The average Bonchev–Trinajstić information content (AvgIpc) is 3.10. The molecule has 1 heterocycles. The minimum atomic E-state index is 0.284. The predicted molar refractivity (Wildman–Crippen MR) is 126 cm³/mol. The third-order valence-corrected chi connectivity index (χ3v) is 11.7. The first kappa shape index (κ1) is 23.4. The van der Waals surface area contributed by atoms with Gasteiger partial charge in [-0.25, -0.2) is 0 Å². The van der Waals surface area contributed by atoms with E-state index in [4.69, 9.17) is 14.2 Å². The van der Waals surface area contributed by atoms with Crippen molar-refractivity contribution < 1.29 is 14.2 Å². The zero-order valence-electron chi connectivity index (χ0n) is 20.3. The van der Waals surface area contributed by atoms with E-state index in [0.717, 1.165) is 36.2 Å². The maximum absolute atomic E-state index is 6.39. The Morgan fingerprint density at radius 2 is 1.83 bits per heavy atom. The fourth-order valence-corrected chi connectivity index (χ4v) is 10.5. The molecule has 0 radical (unpaired) electrons. The van der Waals surface area contributed by atoms with Crippen LogP contribution in [-0.4, -0.2) is 51.6 Å². The zero-order valence-corrected chi connectivity index (χ0v) is 21.1. The molecule has 1 aliphatic heterocycles. The number of thioether (sulfide) groups is 1. The fraction of sp³-hybridized carbons (Fsp3) is 1.00. The van der Waals surface area contributed by atoms with E-state index < -0.39 is 0 Å². The highest BCUT2D eigenvalue weighted by Crippen LogP contribution is 2.68. The van der Waals surface area contributed by atoms with Gasteiger partial charge in [0, 0.05) is 33.4 Å². The molecular formula is C26H46O3S. The van der Waals surface area contributed by atoms with E-state index in [-0.39, 0.29) is 5.41 Å². The summed E-state index contributed by atoms with van der Waals surface area (Å²) >= 11 is 2.17. The standard InChI is InChI=1S/C26H46O3S/c1-17(8-7-12-27-4)19-9-10-20-24-21(15-23(29-6)26(19,20)3)25(2)11-13-30-16-18(25)14-22(24)28-5/h17-24H,7-16H2,1-6H3/t17-,18-,19-,20+,21+,22-,23+,24+,25+,26-/m1/s1. The first-order chi connectivity index (χ1) is 14.4. The third kappa shape index (κ3) is 3.60. The third-order valence-electron chi connectivity index (χ3n) is 10.6. The summed E-state index contributed by atoms with van der Waals surface area (Å²) in [5, 5.41) is 0. The molecule has 4 aliphatic rings. The lowest BCUT2D eigenvalue weighted by atomic mass is 9.44. The molecule has 4 rings (SSSR count). The SMILES string of the molecule is COCCC[C@@H](C)[C@H]1CC[C@H]2[C@@H]3[C@H](OC)C[C@@H]4CSCC[C@]4(C)[C@H]3C[C@H](OC)[C@]12C. The second-order valence-electron chi connectivity index (χ2n) is 11.5. The Kier molecular flexibility index (Phi) is 7.20. The second-order valence-corrected chi connectivity index (χ2v) is 12.6. The molecule has 0 aromatic carbocycles. The Morgan fingerprint density at radius 1 is 1.03 bits per heavy atom. The van der Waals surface area contributed by atoms with Crippen LogP contribution in [0.3, 0.4) is 0 Å². The van der Waals surface area contributed by atoms with Crippen molar-refractivity contribution >= 4 is 11.8 Å². The molecule has 4 fully saturated rings. The van der Waals surface area contributed by atoms with Crippen LogP contribution in [0.5, 0.6) is 0 Å². The van der Waals surface area contributed by atoms with E-state index in [1.807, 2.05) is 21.3 Å². The van der Waals surface area contributed by atoms with E-state index in [0.29, 0.717) is 23.5 Å². The quantitative estimate of drug-likeness (QED) is 0.462. The van der Waals surface area contributed by atoms with Gasteiger partial charge in [0.25, 0.3) is 0 Å². The molecule has 3 nitrogen and oxygen atoms in total. The lowest BCUT2D eigenvalue weighted by molar-refractivity contribution is -0.204. The smallest absolute Gasteiger partial charge is 0.0633 e. The second kappa shape index (κ2) is 9.23. The van der Waals surface area contributed by atoms with Crippen LogP contribution < -0.4 is 0 Å². The zero-order chi connectivity index (χ0) is 21.5. The lowest BCUT2D eigenvalue weighted by Gasteiger charge is -2.64. The Bertz CT molecular complexity index is 585. The van der Waals surface area contributed by atoms with Crippen LogP contribution >= 0.6 is 11.8 Å². The Labute approximate surface area is 189 Å². The fourth-order valence-electron chi connectivity index (χ4n) is 8.92. The van der Waals surface area contributed by atoms with E-state index >= 15 is 0 Å². The predicted octanol–water partition coefficient (Wildman–Crippen LogP) is 5.91. The molecule has 10 atom stereocenters. The van der Waals surface area contributed by atoms with Crippen molar-refractivity contribution in [3.05, 3.63) is 0 Å². The molecule has 0 N–H and O–H groups in total. The average molecular weight is 439 g/mol. The monoisotopic (exact) mass is 438 g/mol. The maximum Gasteiger partial charge on any atom is 0.0633 e.